The maximum atomic E-state index is 12.0. The Kier molecular flexibility index (Phi) is 7.84. The molecule has 3 N–H and O–H groups in total. The molecule has 31 heavy (non-hydrogen) atoms. The van der Waals surface area contributed by atoms with Crippen molar-refractivity contribution in [3.05, 3.63) is 70.8 Å². The van der Waals surface area contributed by atoms with Crippen LogP contribution in [0.2, 0.25) is 0 Å². The fraction of sp³-hybridized carbons (Fsp3) is 0.391. The van der Waals surface area contributed by atoms with Crippen LogP contribution in [-0.4, -0.2) is 22.1 Å². The topological polar surface area (TPSA) is 86.6 Å². The number of nitrogens with one attached hydrogen (secondary N) is 1. The van der Waals surface area contributed by atoms with Crippen molar-refractivity contribution >= 4 is 11.9 Å². The molecule has 0 bridgehead atoms. The minimum absolute atomic E-state index is 0.0646. The van der Waals surface area contributed by atoms with E-state index < -0.39 is 17.7 Å². The van der Waals surface area contributed by atoms with Crippen LogP contribution in [0.4, 0.5) is 13.2 Å². The number of hydrogen-bond donors (Lipinski definition) is 3. The van der Waals surface area contributed by atoms with Crippen molar-refractivity contribution in [3.63, 3.8) is 0 Å². The fourth-order valence-electron chi connectivity index (χ4n) is 3.03. The van der Waals surface area contributed by atoms with Crippen molar-refractivity contribution in [2.45, 2.75) is 51.4 Å². The Hall–Kier alpha value is -2.87. The molecule has 0 atom stereocenters. The molecule has 1 amide bonds. The number of benzene rings is 2. The summed E-state index contributed by atoms with van der Waals surface area (Å²) in [7, 11) is 0. The van der Waals surface area contributed by atoms with E-state index in [4.69, 9.17) is 10.2 Å². The highest BCUT2D eigenvalue weighted by Gasteiger charge is 2.45. The van der Waals surface area contributed by atoms with Crippen molar-refractivity contribution in [1.29, 1.82) is 0 Å². The number of aliphatic hydroxyl groups excluding tert-OH is 1. The normalized spacial score (nSPS) is 14.4. The van der Waals surface area contributed by atoms with Gasteiger partial charge in [-0.25, -0.2) is 4.79 Å². The predicted octanol–water partition coefficient (Wildman–Crippen LogP) is 4.73. The zero-order valence-electron chi connectivity index (χ0n) is 17.4. The molecule has 0 aromatic heterocycles. The first-order valence-corrected chi connectivity index (χ1v) is 9.88. The van der Waals surface area contributed by atoms with Crippen LogP contribution in [0.3, 0.4) is 0 Å². The van der Waals surface area contributed by atoms with Gasteiger partial charge in [0.15, 0.2) is 0 Å². The van der Waals surface area contributed by atoms with Gasteiger partial charge in [-0.2, -0.15) is 13.2 Å². The van der Waals surface area contributed by atoms with Crippen LogP contribution >= 0.6 is 0 Å². The maximum Gasteiger partial charge on any atom is 0.416 e. The highest BCUT2D eigenvalue weighted by Crippen LogP contribution is 2.45. The Morgan fingerprint density at radius 1 is 1.03 bits per heavy atom. The van der Waals surface area contributed by atoms with Crippen LogP contribution in [0.5, 0.6) is 0 Å². The lowest BCUT2D eigenvalue weighted by Gasteiger charge is -2.19. The van der Waals surface area contributed by atoms with Gasteiger partial charge < -0.3 is 15.5 Å². The van der Waals surface area contributed by atoms with Gasteiger partial charge in [0.25, 0.3) is 0 Å². The van der Waals surface area contributed by atoms with Crippen LogP contribution in [0, 0.1) is 5.92 Å². The van der Waals surface area contributed by atoms with E-state index in [0.717, 1.165) is 30.5 Å². The first kappa shape index (κ1) is 24.4. The number of carboxylic acid groups (broad SMARTS) is 1. The number of alkyl halides is 3. The van der Waals surface area contributed by atoms with E-state index in [1.165, 1.54) is 12.1 Å². The zero-order chi connectivity index (χ0) is 23.2. The van der Waals surface area contributed by atoms with E-state index >= 15 is 0 Å². The molecule has 2 aromatic rings. The standard InChI is InChI=1S/C15H19NO3.C8H7F3O/c1-10(2)9-13(17)16-15(7-8-15)12-5-3-11(4-6-12)14(18)19;9-8(10,11)7-3-1-6(5-12)2-4-7/h3-6,10H,7-9H2,1-2H3,(H,16,17)(H,18,19);1-4,12H,5H2. The first-order valence-electron chi connectivity index (χ1n) is 9.88. The number of amides is 1. The summed E-state index contributed by atoms with van der Waals surface area (Å²) in [5.41, 5.74) is 0.786. The second-order valence-corrected chi connectivity index (χ2v) is 7.96. The Balaban J connectivity index is 0.000000245. The lowest BCUT2D eigenvalue weighted by Crippen LogP contribution is -2.35. The molecule has 0 saturated heterocycles. The molecular formula is C23H26F3NO4. The van der Waals surface area contributed by atoms with Gasteiger partial charge in [-0.3, -0.25) is 4.79 Å². The van der Waals surface area contributed by atoms with E-state index in [0.29, 0.717) is 17.9 Å². The second kappa shape index (κ2) is 9.96. The van der Waals surface area contributed by atoms with Gasteiger partial charge in [0, 0.05) is 6.42 Å². The Bertz CT molecular complexity index is 887. The third-order valence-electron chi connectivity index (χ3n) is 4.87. The maximum absolute atomic E-state index is 12.0. The number of aromatic carboxylic acids is 1. The summed E-state index contributed by atoms with van der Waals surface area (Å²) in [6.45, 7) is 3.79. The molecule has 0 unspecified atom stereocenters. The monoisotopic (exact) mass is 437 g/mol. The molecule has 1 saturated carbocycles. The molecular weight excluding hydrogens is 411 g/mol. The minimum atomic E-state index is -4.30. The molecule has 0 heterocycles. The number of halogens is 3. The molecule has 0 spiro atoms. The summed E-state index contributed by atoms with van der Waals surface area (Å²) in [6, 6.07) is 11.2. The molecule has 1 aliphatic carbocycles. The Morgan fingerprint density at radius 3 is 1.97 bits per heavy atom. The van der Waals surface area contributed by atoms with Crippen LogP contribution in [0.15, 0.2) is 48.5 Å². The van der Waals surface area contributed by atoms with Crippen molar-refractivity contribution in [1.82, 2.24) is 5.32 Å². The number of hydrogen-bond acceptors (Lipinski definition) is 3. The van der Waals surface area contributed by atoms with Crippen molar-refractivity contribution < 1.29 is 33.0 Å². The highest BCUT2D eigenvalue weighted by atomic mass is 19.4. The molecule has 0 radical (unpaired) electrons. The Morgan fingerprint density at radius 2 is 1.58 bits per heavy atom. The first-order chi connectivity index (χ1) is 14.5. The molecule has 8 heteroatoms. The summed E-state index contributed by atoms with van der Waals surface area (Å²) in [4.78, 5) is 22.7. The number of rotatable bonds is 6. The summed E-state index contributed by atoms with van der Waals surface area (Å²) < 4.78 is 35.9. The summed E-state index contributed by atoms with van der Waals surface area (Å²) in [5.74, 6) is -0.528. The third kappa shape index (κ3) is 7.10. The number of aliphatic hydroxyl groups is 1. The lowest BCUT2D eigenvalue weighted by molar-refractivity contribution is -0.137. The third-order valence-corrected chi connectivity index (χ3v) is 4.87. The Labute approximate surface area is 178 Å². The fourth-order valence-corrected chi connectivity index (χ4v) is 3.03. The minimum Gasteiger partial charge on any atom is -0.478 e. The summed E-state index contributed by atoms with van der Waals surface area (Å²) >= 11 is 0. The lowest BCUT2D eigenvalue weighted by atomic mass is 10.0. The smallest absolute Gasteiger partial charge is 0.416 e. The second-order valence-electron chi connectivity index (χ2n) is 7.96. The van der Waals surface area contributed by atoms with E-state index in [1.54, 1.807) is 24.3 Å². The molecule has 1 fully saturated rings. The number of carboxylic acids is 1. The van der Waals surface area contributed by atoms with Crippen LogP contribution in [0.25, 0.3) is 0 Å². The molecule has 5 nitrogen and oxygen atoms in total. The van der Waals surface area contributed by atoms with E-state index in [9.17, 15) is 22.8 Å². The van der Waals surface area contributed by atoms with Crippen molar-refractivity contribution in [2.24, 2.45) is 5.92 Å². The van der Waals surface area contributed by atoms with E-state index in [2.05, 4.69) is 5.32 Å². The van der Waals surface area contributed by atoms with Gasteiger partial charge in [0.05, 0.1) is 23.3 Å². The zero-order valence-corrected chi connectivity index (χ0v) is 17.4. The van der Waals surface area contributed by atoms with Crippen molar-refractivity contribution in [3.8, 4) is 0 Å². The summed E-state index contributed by atoms with van der Waals surface area (Å²) in [5, 5.41) is 20.5. The summed E-state index contributed by atoms with van der Waals surface area (Å²) in [6.07, 6.45) is -1.94. The average Bonchev–Trinajstić information content (AvgIpc) is 3.47. The average molecular weight is 437 g/mol. The molecule has 2 aromatic carbocycles. The molecule has 1 aliphatic rings. The molecule has 0 aliphatic heterocycles. The van der Waals surface area contributed by atoms with Gasteiger partial charge in [-0.15, -0.1) is 0 Å². The largest absolute Gasteiger partial charge is 0.478 e. The number of carbonyl (C=O) groups is 2. The van der Waals surface area contributed by atoms with E-state index in [-0.39, 0.29) is 23.6 Å². The van der Waals surface area contributed by atoms with Gasteiger partial charge in [-0.05, 0) is 54.2 Å². The van der Waals surface area contributed by atoms with E-state index in [1.807, 2.05) is 13.8 Å². The van der Waals surface area contributed by atoms with Gasteiger partial charge >= 0.3 is 12.1 Å². The van der Waals surface area contributed by atoms with Gasteiger partial charge in [0.2, 0.25) is 5.91 Å². The van der Waals surface area contributed by atoms with Gasteiger partial charge in [0.1, 0.15) is 0 Å². The van der Waals surface area contributed by atoms with Crippen LogP contribution in [-0.2, 0) is 23.1 Å². The van der Waals surface area contributed by atoms with Gasteiger partial charge in [-0.1, -0.05) is 38.1 Å². The highest BCUT2D eigenvalue weighted by molar-refractivity contribution is 5.87. The number of carbonyl (C=O) groups excluding carboxylic acids is 1. The predicted molar refractivity (Wildman–Crippen MR) is 109 cm³/mol. The van der Waals surface area contributed by atoms with Crippen molar-refractivity contribution in [2.75, 3.05) is 0 Å². The molecule has 168 valence electrons. The molecule has 3 rings (SSSR count). The SMILES string of the molecule is CC(C)CC(=O)NC1(c2ccc(C(=O)O)cc2)CC1.OCc1ccc(C(F)(F)F)cc1. The van der Waals surface area contributed by atoms with Crippen LogP contribution in [0.1, 0.15) is 60.2 Å². The quantitative estimate of drug-likeness (QED) is 0.610. The van der Waals surface area contributed by atoms with Crippen LogP contribution < -0.4 is 5.32 Å².